The summed E-state index contributed by atoms with van der Waals surface area (Å²) in [7, 11) is 1.67. The quantitative estimate of drug-likeness (QED) is 0.453. The summed E-state index contributed by atoms with van der Waals surface area (Å²) in [6.45, 7) is 3.41. The molecular formula is C31H33N3O2. The van der Waals surface area contributed by atoms with Gasteiger partial charge in [-0.05, 0) is 79.6 Å². The van der Waals surface area contributed by atoms with E-state index in [0.29, 0.717) is 12.5 Å². The predicted molar refractivity (Wildman–Crippen MR) is 146 cm³/mol. The van der Waals surface area contributed by atoms with Crippen LogP contribution in [0, 0.1) is 5.92 Å². The Morgan fingerprint density at radius 3 is 2.42 bits per heavy atom. The first-order chi connectivity index (χ1) is 17.6. The lowest BCUT2D eigenvalue weighted by Crippen LogP contribution is -2.38. The van der Waals surface area contributed by atoms with E-state index >= 15 is 0 Å². The van der Waals surface area contributed by atoms with Crippen LogP contribution in [-0.2, 0) is 4.79 Å². The highest BCUT2D eigenvalue weighted by Gasteiger charge is 2.41. The number of ether oxygens (including phenoxy) is 1. The largest absolute Gasteiger partial charge is 0.497 e. The summed E-state index contributed by atoms with van der Waals surface area (Å²) in [5.74, 6) is 0.936. The number of fused-ring (bicyclic) bond motifs is 2. The van der Waals surface area contributed by atoms with E-state index in [2.05, 4.69) is 59.6 Å². The highest BCUT2D eigenvalue weighted by Crippen LogP contribution is 2.44. The standard InChI is InChI=1S/C31H33N3O2/c1-20-6-5-17-34(20)24-13-9-22(10-14-24)31-30-28(32-26-7-3-4-8-27(26)33-31)18-23(19-29(30)35)21-11-15-25(36-2)16-12-21/h3-4,7-16,20,23,30-31,33H,5-6,17-19H2,1-2H3. The third-order valence-corrected chi connectivity index (χ3v) is 8.15. The molecule has 0 amide bonds. The molecule has 0 aromatic heterocycles. The Kier molecular flexibility index (Phi) is 6.00. The van der Waals surface area contributed by atoms with Crippen molar-refractivity contribution in [3.63, 3.8) is 0 Å². The lowest BCUT2D eigenvalue weighted by molar-refractivity contribution is -0.122. The highest BCUT2D eigenvalue weighted by atomic mass is 16.5. The van der Waals surface area contributed by atoms with Crippen LogP contribution in [0.5, 0.6) is 5.75 Å². The molecule has 3 aliphatic rings. The molecule has 0 radical (unpaired) electrons. The van der Waals surface area contributed by atoms with Crippen LogP contribution in [0.1, 0.15) is 55.7 Å². The summed E-state index contributed by atoms with van der Waals surface area (Å²) in [5, 5.41) is 3.71. The van der Waals surface area contributed by atoms with Crippen molar-refractivity contribution >= 4 is 28.6 Å². The van der Waals surface area contributed by atoms with Gasteiger partial charge in [0.1, 0.15) is 11.5 Å². The molecule has 1 aliphatic carbocycles. The Balaban J connectivity index is 1.35. The summed E-state index contributed by atoms with van der Waals surface area (Å²) in [6, 6.07) is 25.5. The number of aliphatic imine (C=N–C) groups is 1. The summed E-state index contributed by atoms with van der Waals surface area (Å²) in [5.41, 5.74) is 6.43. The highest BCUT2D eigenvalue weighted by molar-refractivity contribution is 6.10. The molecule has 1 saturated heterocycles. The molecule has 3 aromatic rings. The van der Waals surface area contributed by atoms with E-state index in [1.54, 1.807) is 7.11 Å². The number of hydrogen-bond acceptors (Lipinski definition) is 5. The number of anilines is 2. The molecule has 2 fully saturated rings. The summed E-state index contributed by atoms with van der Waals surface area (Å²) in [4.78, 5) is 21.4. The predicted octanol–water partition coefficient (Wildman–Crippen LogP) is 6.69. The first-order valence-electron chi connectivity index (χ1n) is 13.1. The third kappa shape index (κ3) is 4.17. The van der Waals surface area contributed by atoms with Gasteiger partial charge in [-0.15, -0.1) is 0 Å². The van der Waals surface area contributed by atoms with E-state index in [1.165, 1.54) is 18.5 Å². The molecule has 36 heavy (non-hydrogen) atoms. The van der Waals surface area contributed by atoms with Gasteiger partial charge in [-0.3, -0.25) is 9.79 Å². The molecule has 184 valence electrons. The molecule has 2 heterocycles. The zero-order valence-corrected chi connectivity index (χ0v) is 21.0. The van der Waals surface area contributed by atoms with E-state index in [0.717, 1.165) is 46.9 Å². The fourth-order valence-electron chi connectivity index (χ4n) is 6.18. The monoisotopic (exact) mass is 479 g/mol. The minimum Gasteiger partial charge on any atom is -0.497 e. The minimum atomic E-state index is -0.275. The van der Waals surface area contributed by atoms with Crippen LogP contribution in [-0.4, -0.2) is 31.2 Å². The van der Waals surface area contributed by atoms with Crippen LogP contribution in [0.15, 0.2) is 77.8 Å². The SMILES string of the molecule is COc1ccc(C2CC(=O)C3C(=Nc4ccccc4NC3c3ccc(N4CCCC4C)cc3)C2)cc1. The zero-order valence-electron chi connectivity index (χ0n) is 21.0. The maximum atomic E-state index is 13.8. The molecule has 5 nitrogen and oxygen atoms in total. The van der Waals surface area contributed by atoms with Crippen LogP contribution in [0.3, 0.4) is 0 Å². The molecule has 1 saturated carbocycles. The van der Waals surface area contributed by atoms with Gasteiger partial charge in [-0.1, -0.05) is 36.4 Å². The van der Waals surface area contributed by atoms with Gasteiger partial charge >= 0.3 is 0 Å². The molecule has 0 spiro atoms. The molecule has 4 unspecified atom stereocenters. The first-order valence-corrected chi connectivity index (χ1v) is 13.1. The molecular weight excluding hydrogens is 446 g/mol. The number of carbonyl (C=O) groups is 1. The number of nitrogens with one attached hydrogen (secondary N) is 1. The van der Waals surface area contributed by atoms with Crippen molar-refractivity contribution in [2.24, 2.45) is 10.9 Å². The number of nitrogens with zero attached hydrogens (tertiary/aromatic N) is 2. The van der Waals surface area contributed by atoms with Crippen LogP contribution in [0.4, 0.5) is 17.1 Å². The Bertz CT molecular complexity index is 1280. The number of Topliss-reactive ketones (excluding diaryl/α,β-unsaturated/α-hetero) is 1. The lowest BCUT2D eigenvalue weighted by Gasteiger charge is -2.34. The minimum absolute atomic E-state index is 0.128. The smallest absolute Gasteiger partial charge is 0.144 e. The molecule has 5 heteroatoms. The number of para-hydroxylation sites is 2. The fourth-order valence-corrected chi connectivity index (χ4v) is 6.18. The van der Waals surface area contributed by atoms with E-state index in [4.69, 9.17) is 9.73 Å². The number of rotatable bonds is 4. The zero-order chi connectivity index (χ0) is 24.6. The van der Waals surface area contributed by atoms with Crippen molar-refractivity contribution in [3.8, 4) is 5.75 Å². The molecule has 6 rings (SSSR count). The summed E-state index contributed by atoms with van der Waals surface area (Å²) >= 11 is 0. The number of carbonyl (C=O) groups excluding carboxylic acids is 1. The van der Waals surface area contributed by atoms with Gasteiger partial charge in [-0.2, -0.15) is 0 Å². The second kappa shape index (κ2) is 9.45. The van der Waals surface area contributed by atoms with E-state index in [-0.39, 0.29) is 23.7 Å². The van der Waals surface area contributed by atoms with Gasteiger partial charge in [0.25, 0.3) is 0 Å². The van der Waals surface area contributed by atoms with E-state index in [1.807, 2.05) is 30.3 Å². The van der Waals surface area contributed by atoms with Gasteiger partial charge in [0.05, 0.1) is 30.4 Å². The van der Waals surface area contributed by atoms with Gasteiger partial charge < -0.3 is 15.0 Å². The molecule has 1 N–H and O–H groups in total. The average Bonchev–Trinajstić information content (AvgIpc) is 3.26. The number of hydrogen-bond donors (Lipinski definition) is 1. The average molecular weight is 480 g/mol. The van der Waals surface area contributed by atoms with Crippen LogP contribution in [0.2, 0.25) is 0 Å². The Morgan fingerprint density at radius 2 is 1.69 bits per heavy atom. The molecule has 4 atom stereocenters. The number of ketones is 1. The Labute approximate surface area is 213 Å². The third-order valence-electron chi connectivity index (χ3n) is 8.15. The van der Waals surface area contributed by atoms with Crippen LogP contribution >= 0.6 is 0 Å². The van der Waals surface area contributed by atoms with Gasteiger partial charge in [0, 0.05) is 30.4 Å². The van der Waals surface area contributed by atoms with Crippen molar-refractivity contribution in [1.29, 1.82) is 0 Å². The van der Waals surface area contributed by atoms with E-state index in [9.17, 15) is 4.79 Å². The second-order valence-electron chi connectivity index (χ2n) is 10.3. The molecule has 3 aromatic carbocycles. The van der Waals surface area contributed by atoms with Gasteiger partial charge in [-0.25, -0.2) is 0 Å². The lowest BCUT2D eigenvalue weighted by atomic mass is 9.72. The molecule has 0 bridgehead atoms. The summed E-state index contributed by atoms with van der Waals surface area (Å²) < 4.78 is 5.33. The van der Waals surface area contributed by atoms with Crippen molar-refractivity contribution < 1.29 is 9.53 Å². The van der Waals surface area contributed by atoms with Crippen LogP contribution < -0.4 is 15.0 Å². The number of methoxy groups -OCH3 is 1. The van der Waals surface area contributed by atoms with Crippen molar-refractivity contribution in [2.45, 2.75) is 50.6 Å². The fraction of sp³-hybridized carbons (Fsp3) is 0.355. The first kappa shape index (κ1) is 22.8. The van der Waals surface area contributed by atoms with Crippen molar-refractivity contribution in [1.82, 2.24) is 0 Å². The van der Waals surface area contributed by atoms with Gasteiger partial charge in [0.2, 0.25) is 0 Å². The number of benzene rings is 3. The van der Waals surface area contributed by atoms with Crippen molar-refractivity contribution in [3.05, 3.63) is 83.9 Å². The molecule has 2 aliphatic heterocycles. The maximum absolute atomic E-state index is 13.8. The topological polar surface area (TPSA) is 53.9 Å². The van der Waals surface area contributed by atoms with Gasteiger partial charge in [0.15, 0.2) is 0 Å². The second-order valence-corrected chi connectivity index (χ2v) is 10.3. The van der Waals surface area contributed by atoms with E-state index < -0.39 is 0 Å². The normalized spacial score (nSPS) is 25.3. The van der Waals surface area contributed by atoms with Crippen molar-refractivity contribution in [2.75, 3.05) is 23.9 Å². The Hall–Kier alpha value is -3.60. The maximum Gasteiger partial charge on any atom is 0.144 e. The van der Waals surface area contributed by atoms with Crippen LogP contribution in [0.25, 0.3) is 0 Å². The summed E-state index contributed by atoms with van der Waals surface area (Å²) in [6.07, 6.45) is 3.79. The Morgan fingerprint density at radius 1 is 0.944 bits per heavy atom.